The molecule has 1 aromatic heterocycles. The Morgan fingerprint density at radius 2 is 2.00 bits per heavy atom. The molecule has 0 aliphatic rings. The number of halogens is 1. The van der Waals surface area contributed by atoms with Gasteiger partial charge in [0, 0.05) is 18.0 Å². The molecule has 0 amide bonds. The van der Waals surface area contributed by atoms with Crippen LogP contribution < -0.4 is 14.8 Å². The van der Waals surface area contributed by atoms with Gasteiger partial charge in [-0.3, -0.25) is 0 Å². The Bertz CT molecular complexity index is 583. The van der Waals surface area contributed by atoms with E-state index >= 15 is 0 Å². The summed E-state index contributed by atoms with van der Waals surface area (Å²) in [5.74, 6) is 1.23. The molecular weight excluding hydrogens is 294 g/mol. The molecule has 1 N–H and O–H groups in total. The first-order chi connectivity index (χ1) is 9.65. The van der Waals surface area contributed by atoms with Crippen LogP contribution >= 0.6 is 22.9 Å². The first-order valence-corrected chi connectivity index (χ1v) is 7.55. The zero-order valence-electron chi connectivity index (χ0n) is 11.8. The van der Waals surface area contributed by atoms with Crippen LogP contribution in [-0.2, 0) is 13.1 Å². The van der Waals surface area contributed by atoms with Gasteiger partial charge in [-0.15, -0.1) is 11.3 Å². The summed E-state index contributed by atoms with van der Waals surface area (Å²) in [6.07, 6.45) is 0. The van der Waals surface area contributed by atoms with Gasteiger partial charge >= 0.3 is 0 Å². The number of aryl methyl sites for hydroxylation is 1. The summed E-state index contributed by atoms with van der Waals surface area (Å²) >= 11 is 7.95. The summed E-state index contributed by atoms with van der Waals surface area (Å²) in [7, 11) is 3.20. The molecule has 0 unspecified atom stereocenters. The summed E-state index contributed by atoms with van der Waals surface area (Å²) < 4.78 is 10.5. The van der Waals surface area contributed by atoms with Crippen molar-refractivity contribution >= 4 is 22.9 Å². The Balaban J connectivity index is 2.03. The highest BCUT2D eigenvalue weighted by atomic mass is 35.5. The van der Waals surface area contributed by atoms with Crippen molar-refractivity contribution in [3.8, 4) is 11.5 Å². The topological polar surface area (TPSA) is 30.5 Å². The number of nitrogens with one attached hydrogen (secondary N) is 1. The van der Waals surface area contributed by atoms with Crippen LogP contribution in [0.4, 0.5) is 0 Å². The highest BCUT2D eigenvalue weighted by Crippen LogP contribution is 2.35. The summed E-state index contributed by atoms with van der Waals surface area (Å²) in [6.45, 7) is 3.72. The zero-order chi connectivity index (χ0) is 14.5. The summed E-state index contributed by atoms with van der Waals surface area (Å²) in [5.41, 5.74) is 2.40. The number of methoxy groups -OCH3 is 2. The lowest BCUT2D eigenvalue weighted by atomic mass is 10.2. The molecule has 0 spiro atoms. The largest absolute Gasteiger partial charge is 0.493 e. The molecule has 0 radical (unpaired) electrons. The fourth-order valence-electron chi connectivity index (χ4n) is 1.98. The van der Waals surface area contributed by atoms with E-state index in [1.807, 2.05) is 12.1 Å². The fraction of sp³-hybridized carbons (Fsp3) is 0.333. The molecule has 0 atom stereocenters. The van der Waals surface area contributed by atoms with Crippen molar-refractivity contribution in [3.63, 3.8) is 0 Å². The van der Waals surface area contributed by atoms with Crippen molar-refractivity contribution in [1.82, 2.24) is 5.32 Å². The summed E-state index contributed by atoms with van der Waals surface area (Å²) in [4.78, 5) is 1.36. The van der Waals surface area contributed by atoms with Crippen molar-refractivity contribution in [2.75, 3.05) is 14.2 Å². The monoisotopic (exact) mass is 311 g/mol. The van der Waals surface area contributed by atoms with Crippen molar-refractivity contribution in [2.45, 2.75) is 20.0 Å². The van der Waals surface area contributed by atoms with Crippen molar-refractivity contribution in [3.05, 3.63) is 44.6 Å². The maximum atomic E-state index is 6.19. The second kappa shape index (κ2) is 6.97. The molecule has 3 nitrogen and oxygen atoms in total. The number of ether oxygens (including phenoxy) is 2. The lowest BCUT2D eigenvalue weighted by molar-refractivity contribution is 0.354. The van der Waals surface area contributed by atoms with Crippen LogP contribution in [0.3, 0.4) is 0 Å². The Morgan fingerprint density at radius 1 is 1.20 bits per heavy atom. The van der Waals surface area contributed by atoms with Crippen molar-refractivity contribution in [1.29, 1.82) is 0 Å². The van der Waals surface area contributed by atoms with Gasteiger partial charge in [0.25, 0.3) is 0 Å². The van der Waals surface area contributed by atoms with E-state index in [0.29, 0.717) is 16.5 Å². The highest BCUT2D eigenvalue weighted by molar-refractivity contribution is 7.10. The Hall–Kier alpha value is -1.23. The fourth-order valence-corrected chi connectivity index (χ4v) is 3.17. The Morgan fingerprint density at radius 3 is 2.60 bits per heavy atom. The van der Waals surface area contributed by atoms with E-state index in [1.54, 1.807) is 25.6 Å². The maximum absolute atomic E-state index is 6.19. The quantitative estimate of drug-likeness (QED) is 0.874. The maximum Gasteiger partial charge on any atom is 0.179 e. The molecular formula is C15H18ClNO2S. The van der Waals surface area contributed by atoms with Gasteiger partial charge in [-0.05, 0) is 41.6 Å². The van der Waals surface area contributed by atoms with Gasteiger partial charge in [0.2, 0.25) is 0 Å². The van der Waals surface area contributed by atoms with Gasteiger partial charge in [-0.1, -0.05) is 11.6 Å². The second-order valence-corrected chi connectivity index (χ2v) is 5.85. The minimum absolute atomic E-state index is 0.566. The number of thiophene rings is 1. The smallest absolute Gasteiger partial charge is 0.179 e. The third-order valence-corrected chi connectivity index (χ3v) is 4.38. The first-order valence-electron chi connectivity index (χ1n) is 6.29. The molecule has 0 aliphatic heterocycles. The van der Waals surface area contributed by atoms with E-state index in [0.717, 1.165) is 18.7 Å². The van der Waals surface area contributed by atoms with E-state index < -0.39 is 0 Å². The van der Waals surface area contributed by atoms with E-state index in [1.165, 1.54) is 10.4 Å². The molecule has 1 heterocycles. The van der Waals surface area contributed by atoms with Gasteiger partial charge in [0.05, 0.1) is 19.2 Å². The van der Waals surface area contributed by atoms with E-state index in [4.69, 9.17) is 21.1 Å². The van der Waals surface area contributed by atoms with Gasteiger partial charge in [0.1, 0.15) is 0 Å². The van der Waals surface area contributed by atoms with Crippen LogP contribution in [0.25, 0.3) is 0 Å². The SMILES string of the molecule is COc1cc(CNCc2sccc2C)cc(Cl)c1OC. The van der Waals surface area contributed by atoms with Crippen molar-refractivity contribution < 1.29 is 9.47 Å². The lowest BCUT2D eigenvalue weighted by Crippen LogP contribution is -2.12. The van der Waals surface area contributed by atoms with Gasteiger partial charge in [0.15, 0.2) is 11.5 Å². The predicted octanol–water partition coefficient (Wildman–Crippen LogP) is 4.02. The second-order valence-electron chi connectivity index (χ2n) is 4.44. The molecule has 108 valence electrons. The van der Waals surface area contributed by atoms with Crippen LogP contribution in [0.15, 0.2) is 23.6 Å². The van der Waals surface area contributed by atoms with E-state index in [-0.39, 0.29) is 0 Å². The molecule has 0 bridgehead atoms. The molecule has 0 fully saturated rings. The normalized spacial score (nSPS) is 10.6. The number of rotatable bonds is 6. The standard InChI is InChI=1S/C15H18ClNO2S/c1-10-4-5-20-14(10)9-17-8-11-6-12(16)15(19-3)13(7-11)18-2/h4-7,17H,8-9H2,1-3H3. The number of hydrogen-bond acceptors (Lipinski definition) is 4. The number of hydrogen-bond donors (Lipinski definition) is 1. The van der Waals surface area contributed by atoms with Crippen molar-refractivity contribution in [2.24, 2.45) is 0 Å². The molecule has 0 saturated heterocycles. The van der Waals surface area contributed by atoms with Gasteiger partial charge in [-0.2, -0.15) is 0 Å². The van der Waals surface area contributed by atoms with Crippen LogP contribution in [0.1, 0.15) is 16.0 Å². The lowest BCUT2D eigenvalue weighted by Gasteiger charge is -2.12. The molecule has 5 heteroatoms. The summed E-state index contributed by atoms with van der Waals surface area (Å²) in [5, 5.41) is 6.09. The van der Waals surface area contributed by atoms with Crippen LogP contribution in [0, 0.1) is 6.92 Å². The third-order valence-electron chi connectivity index (χ3n) is 3.08. The Labute approximate surface area is 128 Å². The molecule has 1 aromatic carbocycles. The molecule has 0 aliphatic carbocycles. The van der Waals surface area contributed by atoms with Gasteiger partial charge in [-0.25, -0.2) is 0 Å². The minimum atomic E-state index is 0.566. The van der Waals surface area contributed by atoms with Gasteiger partial charge < -0.3 is 14.8 Å². The molecule has 0 saturated carbocycles. The predicted molar refractivity (Wildman–Crippen MR) is 84.2 cm³/mol. The van der Waals surface area contributed by atoms with Crippen LogP contribution in [-0.4, -0.2) is 14.2 Å². The van der Waals surface area contributed by atoms with E-state index in [9.17, 15) is 0 Å². The van der Waals surface area contributed by atoms with Crippen LogP contribution in [0.5, 0.6) is 11.5 Å². The first kappa shape index (κ1) is 15.2. The third kappa shape index (κ3) is 3.45. The molecule has 2 rings (SSSR count). The van der Waals surface area contributed by atoms with Crippen LogP contribution in [0.2, 0.25) is 5.02 Å². The van der Waals surface area contributed by atoms with E-state index in [2.05, 4.69) is 23.7 Å². The zero-order valence-corrected chi connectivity index (χ0v) is 13.4. The highest BCUT2D eigenvalue weighted by Gasteiger charge is 2.10. The summed E-state index contributed by atoms with van der Waals surface area (Å²) in [6, 6.07) is 5.98. The average molecular weight is 312 g/mol. The molecule has 20 heavy (non-hydrogen) atoms. The Kier molecular flexibility index (Phi) is 5.29. The number of benzene rings is 1. The average Bonchev–Trinajstić information content (AvgIpc) is 2.84. The molecule has 2 aromatic rings. The minimum Gasteiger partial charge on any atom is -0.493 e.